The van der Waals surface area contributed by atoms with Crippen molar-refractivity contribution in [1.82, 2.24) is 0 Å². The normalized spacial score (nSPS) is 9.37. The fourth-order valence-electron chi connectivity index (χ4n) is 1.12. The van der Waals surface area contributed by atoms with Gasteiger partial charge in [-0.1, -0.05) is 6.07 Å². The number of nitrogens with zero attached hydrogens (tertiary/aromatic N) is 3. The molecule has 0 N–H and O–H groups in total. The van der Waals surface area contributed by atoms with Gasteiger partial charge in [0.1, 0.15) is 0 Å². The second-order valence-corrected chi connectivity index (χ2v) is 3.47. The summed E-state index contributed by atoms with van der Waals surface area (Å²) in [6.07, 6.45) is 3.42. The summed E-state index contributed by atoms with van der Waals surface area (Å²) in [5.41, 5.74) is -0.595. The Bertz CT molecular complexity index is 578. The standard InChI is InChI=1S/C6H5FN2O3.C5H5NO/c1-4-2-6(9(11)12)5(7)3-8(4)10;7-6-4-2-1-3-5-6/h2-3H,1H3;1-5H. The van der Waals surface area contributed by atoms with E-state index in [9.17, 15) is 24.9 Å². The van der Waals surface area contributed by atoms with Crippen molar-refractivity contribution in [3.05, 3.63) is 74.9 Å². The van der Waals surface area contributed by atoms with Gasteiger partial charge in [-0.25, -0.2) is 0 Å². The summed E-state index contributed by atoms with van der Waals surface area (Å²) in [6.45, 7) is 1.36. The van der Waals surface area contributed by atoms with Crippen LogP contribution in [0.1, 0.15) is 5.69 Å². The van der Waals surface area contributed by atoms with Gasteiger partial charge in [-0.15, -0.1) is 0 Å². The van der Waals surface area contributed by atoms with Gasteiger partial charge in [0, 0.05) is 19.1 Å². The molecular weight excluding hydrogens is 257 g/mol. The number of hydrogen-bond donors (Lipinski definition) is 0. The van der Waals surface area contributed by atoms with Gasteiger partial charge < -0.3 is 10.4 Å². The molecule has 0 atom stereocenters. The van der Waals surface area contributed by atoms with Gasteiger partial charge in [-0.05, 0) is 0 Å². The van der Waals surface area contributed by atoms with Crippen LogP contribution in [0.5, 0.6) is 0 Å². The van der Waals surface area contributed by atoms with Crippen molar-refractivity contribution in [3.63, 3.8) is 0 Å². The van der Waals surface area contributed by atoms with Crippen molar-refractivity contribution in [3.8, 4) is 0 Å². The Morgan fingerprint density at radius 3 is 2.21 bits per heavy atom. The highest BCUT2D eigenvalue weighted by Gasteiger charge is 2.19. The van der Waals surface area contributed by atoms with Crippen LogP contribution in [0.3, 0.4) is 0 Å². The number of rotatable bonds is 1. The molecule has 0 bridgehead atoms. The van der Waals surface area contributed by atoms with Gasteiger partial charge in [0.25, 0.3) is 5.82 Å². The Hall–Kier alpha value is -2.77. The third-order valence-corrected chi connectivity index (χ3v) is 2.05. The maximum absolute atomic E-state index is 12.6. The van der Waals surface area contributed by atoms with Crippen molar-refractivity contribution < 1.29 is 18.8 Å². The minimum atomic E-state index is -1.12. The van der Waals surface area contributed by atoms with Crippen LogP contribution in [0.2, 0.25) is 0 Å². The van der Waals surface area contributed by atoms with E-state index >= 15 is 0 Å². The molecule has 19 heavy (non-hydrogen) atoms. The Morgan fingerprint density at radius 2 is 1.79 bits per heavy atom. The molecule has 0 aliphatic carbocycles. The van der Waals surface area contributed by atoms with E-state index in [-0.39, 0.29) is 10.4 Å². The van der Waals surface area contributed by atoms with E-state index in [0.717, 1.165) is 10.8 Å². The predicted molar refractivity (Wildman–Crippen MR) is 62.2 cm³/mol. The molecule has 0 unspecified atom stereocenters. The molecule has 0 fully saturated rings. The van der Waals surface area contributed by atoms with E-state index < -0.39 is 16.4 Å². The van der Waals surface area contributed by atoms with E-state index in [1.807, 2.05) is 0 Å². The third kappa shape index (κ3) is 4.19. The highest BCUT2D eigenvalue weighted by molar-refractivity contribution is 5.28. The molecule has 0 amide bonds. The molecule has 2 aromatic rings. The Labute approximate surface area is 107 Å². The van der Waals surface area contributed by atoms with Crippen LogP contribution >= 0.6 is 0 Å². The lowest BCUT2D eigenvalue weighted by atomic mass is 10.3. The van der Waals surface area contributed by atoms with Crippen LogP contribution < -0.4 is 9.46 Å². The minimum absolute atomic E-state index is 0.0862. The molecule has 7 nitrogen and oxygen atoms in total. The molecule has 0 spiro atoms. The van der Waals surface area contributed by atoms with E-state index in [1.54, 1.807) is 18.2 Å². The third-order valence-electron chi connectivity index (χ3n) is 2.05. The number of aryl methyl sites for hydroxylation is 1. The van der Waals surface area contributed by atoms with Crippen molar-refractivity contribution in [2.24, 2.45) is 0 Å². The van der Waals surface area contributed by atoms with Crippen molar-refractivity contribution in [1.29, 1.82) is 0 Å². The summed E-state index contributed by atoms with van der Waals surface area (Å²) in [6, 6.07) is 6.07. The van der Waals surface area contributed by atoms with E-state index in [2.05, 4.69) is 0 Å². The Morgan fingerprint density at radius 1 is 1.21 bits per heavy atom. The minimum Gasteiger partial charge on any atom is -0.619 e. The van der Waals surface area contributed by atoms with Gasteiger partial charge in [-0.3, -0.25) is 10.1 Å². The van der Waals surface area contributed by atoms with Gasteiger partial charge in [-0.2, -0.15) is 13.9 Å². The number of halogens is 1. The topological polar surface area (TPSA) is 97.0 Å². The average Bonchev–Trinajstić information content (AvgIpc) is 2.35. The molecule has 2 aromatic heterocycles. The summed E-state index contributed by atoms with van der Waals surface area (Å²) in [7, 11) is 0. The monoisotopic (exact) mass is 267 g/mol. The number of hydrogen-bond acceptors (Lipinski definition) is 4. The first-order valence-corrected chi connectivity index (χ1v) is 5.09. The summed E-state index contributed by atoms with van der Waals surface area (Å²) in [5.74, 6) is -1.12. The van der Waals surface area contributed by atoms with E-state index in [4.69, 9.17) is 0 Å². The maximum Gasteiger partial charge on any atom is 0.317 e. The molecule has 2 rings (SSSR count). The fraction of sp³-hybridized carbons (Fsp3) is 0.0909. The second kappa shape index (κ2) is 6.24. The molecule has 0 aliphatic rings. The van der Waals surface area contributed by atoms with Gasteiger partial charge in [0.2, 0.25) is 6.20 Å². The maximum atomic E-state index is 12.6. The molecule has 0 radical (unpaired) electrons. The molecule has 100 valence electrons. The summed E-state index contributed by atoms with van der Waals surface area (Å²) >= 11 is 0. The highest BCUT2D eigenvalue weighted by Crippen LogP contribution is 2.14. The second-order valence-electron chi connectivity index (χ2n) is 3.47. The number of aromatic nitrogens is 2. The zero-order chi connectivity index (χ0) is 14.4. The quantitative estimate of drug-likeness (QED) is 0.333. The van der Waals surface area contributed by atoms with Crippen LogP contribution in [0.4, 0.5) is 10.1 Å². The first-order chi connectivity index (χ1) is 8.91. The van der Waals surface area contributed by atoms with Crippen LogP contribution in [-0.2, 0) is 0 Å². The zero-order valence-corrected chi connectivity index (χ0v) is 9.89. The average molecular weight is 267 g/mol. The molecule has 2 heterocycles. The van der Waals surface area contributed by atoms with Crippen LogP contribution in [0.15, 0.2) is 42.9 Å². The highest BCUT2D eigenvalue weighted by atomic mass is 19.1. The molecule has 8 heteroatoms. The van der Waals surface area contributed by atoms with Crippen molar-refractivity contribution in [2.45, 2.75) is 6.92 Å². The summed E-state index contributed by atoms with van der Waals surface area (Å²) in [5, 5.41) is 31.0. The van der Waals surface area contributed by atoms with Gasteiger partial charge >= 0.3 is 5.69 Å². The lowest BCUT2D eigenvalue weighted by Crippen LogP contribution is -2.30. The Kier molecular flexibility index (Phi) is 4.69. The molecule has 0 saturated carbocycles. The van der Waals surface area contributed by atoms with Crippen LogP contribution in [-0.4, -0.2) is 4.92 Å². The van der Waals surface area contributed by atoms with Crippen molar-refractivity contribution in [2.75, 3.05) is 0 Å². The lowest BCUT2D eigenvalue weighted by Gasteiger charge is -1.99. The van der Waals surface area contributed by atoms with Crippen molar-refractivity contribution >= 4 is 5.69 Å². The smallest absolute Gasteiger partial charge is 0.317 e. The number of nitro groups is 1. The largest absolute Gasteiger partial charge is 0.619 e. The van der Waals surface area contributed by atoms with Gasteiger partial charge in [0.15, 0.2) is 18.1 Å². The molecule has 0 aromatic carbocycles. The summed E-state index contributed by atoms with van der Waals surface area (Å²) in [4.78, 5) is 9.27. The molecule has 0 saturated heterocycles. The summed E-state index contributed by atoms with van der Waals surface area (Å²) < 4.78 is 13.6. The first-order valence-electron chi connectivity index (χ1n) is 5.09. The Balaban J connectivity index is 0.000000218. The lowest BCUT2D eigenvalue weighted by molar-refractivity contribution is -0.614. The molecule has 0 aliphatic heterocycles. The number of pyridine rings is 2. The van der Waals surface area contributed by atoms with Crippen LogP contribution in [0.25, 0.3) is 0 Å². The predicted octanol–water partition coefficient (Wildman–Crippen LogP) is 0.996. The van der Waals surface area contributed by atoms with E-state index in [1.165, 1.54) is 19.3 Å². The zero-order valence-electron chi connectivity index (χ0n) is 9.89. The van der Waals surface area contributed by atoms with Crippen LogP contribution in [0, 0.1) is 33.3 Å². The van der Waals surface area contributed by atoms with E-state index in [0.29, 0.717) is 6.20 Å². The first kappa shape index (κ1) is 14.3. The fourth-order valence-corrected chi connectivity index (χ4v) is 1.12. The molecular formula is C11H10FN3O4. The van der Waals surface area contributed by atoms with Gasteiger partial charge in [0.05, 0.1) is 11.0 Å². The SMILES string of the molecule is Cc1cc([N+](=O)[O-])c(F)c[n+]1[O-].[O-][n+]1ccccc1.